The van der Waals surface area contributed by atoms with Gasteiger partial charge in [-0.2, -0.15) is 0 Å². The number of aliphatic hydroxyl groups is 3. The zero-order valence-corrected chi connectivity index (χ0v) is 9.52. The van der Waals surface area contributed by atoms with Crippen molar-refractivity contribution >= 4 is 0 Å². The summed E-state index contributed by atoms with van der Waals surface area (Å²) in [4.78, 5) is 0. The first-order valence-corrected chi connectivity index (χ1v) is 1.71. The Morgan fingerprint density at radius 1 is 0.889 bits per heavy atom. The van der Waals surface area contributed by atoms with E-state index in [1.165, 1.54) is 0 Å². The Morgan fingerprint density at radius 2 is 1.11 bits per heavy atom. The molecule has 0 fully saturated rings. The third-order valence-electron chi connectivity index (χ3n) is 0.421. The Labute approximate surface area is 98.9 Å². The summed E-state index contributed by atoms with van der Waals surface area (Å²) in [5.41, 5.74) is 0. The van der Waals surface area contributed by atoms with E-state index in [2.05, 4.69) is 0 Å². The molecule has 0 rings (SSSR count). The first-order valence-electron chi connectivity index (χ1n) is 1.71. The molecule has 0 aliphatic heterocycles. The summed E-state index contributed by atoms with van der Waals surface area (Å²) in [7, 11) is 0. The molecule has 0 aliphatic carbocycles. The van der Waals surface area contributed by atoms with Crippen LogP contribution in [0.15, 0.2) is 0 Å². The largest absolute Gasteiger partial charge is 0.394 e. The molecule has 0 unspecified atom stereocenters. The summed E-state index contributed by atoms with van der Waals surface area (Å²) in [5, 5.41) is 24.0. The van der Waals surface area contributed by atoms with Gasteiger partial charge in [0.25, 0.3) is 0 Å². The molecule has 0 aromatic carbocycles. The predicted molar refractivity (Wildman–Crippen MR) is 20.2 cm³/mol. The van der Waals surface area contributed by atoms with Gasteiger partial charge in [0.05, 0.1) is 13.2 Å². The second-order valence-electron chi connectivity index (χ2n) is 1.02. The van der Waals surface area contributed by atoms with Crippen LogP contribution in [0.1, 0.15) is 0 Å². The Bertz CT molecular complexity index is 33.5. The maximum atomic E-state index is 8.17. The van der Waals surface area contributed by atoms with Crippen molar-refractivity contribution in [3.8, 4) is 0 Å². The molecule has 9 heavy (non-hydrogen) atoms. The molecule has 3 nitrogen and oxygen atoms in total. The molecule has 0 heterocycles. The van der Waals surface area contributed by atoms with Crippen LogP contribution in [-0.2, 0) is 65.2 Å². The van der Waals surface area contributed by atoms with Crippen LogP contribution >= 0.6 is 0 Å². The fourth-order valence-corrected chi connectivity index (χ4v) is 0.0577. The molecule has 3 N–H and O–H groups in total. The van der Waals surface area contributed by atoms with Gasteiger partial charge in [-0.3, -0.25) is 0 Å². The van der Waals surface area contributed by atoms with Gasteiger partial charge in [0.2, 0.25) is 0 Å². The van der Waals surface area contributed by atoms with Gasteiger partial charge >= 0.3 is 0 Å². The topological polar surface area (TPSA) is 60.7 Å². The van der Waals surface area contributed by atoms with Crippen molar-refractivity contribution in [2.75, 3.05) is 13.2 Å². The van der Waals surface area contributed by atoms with Gasteiger partial charge in [0.15, 0.2) is 0 Å². The minimum Gasteiger partial charge on any atom is -0.394 e. The number of hydrogen-bond acceptors (Lipinski definition) is 3. The van der Waals surface area contributed by atoms with Crippen LogP contribution in [0.2, 0.25) is 0 Å². The molecule has 0 aliphatic rings. The fraction of sp³-hybridized carbons (Fsp3) is 1.00. The zero-order chi connectivity index (χ0) is 4.99. The van der Waals surface area contributed by atoms with E-state index in [0.29, 0.717) is 0 Å². The maximum absolute atomic E-state index is 8.17. The smallest absolute Gasteiger partial charge is 0.100 e. The van der Waals surface area contributed by atoms with E-state index >= 15 is 0 Å². The van der Waals surface area contributed by atoms with Gasteiger partial charge in [-0.15, -0.1) is 0 Å². The third kappa shape index (κ3) is 17.8. The van der Waals surface area contributed by atoms with Crippen LogP contribution in [0.3, 0.4) is 0 Å². The molecule has 0 spiro atoms. The van der Waals surface area contributed by atoms with Gasteiger partial charge in [-0.1, -0.05) is 0 Å². The van der Waals surface area contributed by atoms with E-state index < -0.39 is 6.10 Å². The Hall–Kier alpha value is 2.02. The van der Waals surface area contributed by atoms with Crippen LogP contribution in [0, 0.1) is 0 Å². The van der Waals surface area contributed by atoms with Crippen molar-refractivity contribution in [2.45, 2.75) is 6.10 Å². The fourth-order valence-electron chi connectivity index (χ4n) is 0.0577. The molecule has 0 amide bonds. The van der Waals surface area contributed by atoms with Crippen molar-refractivity contribution in [3.05, 3.63) is 0 Å². The standard InChI is InChI=1S/C3H8O3.3Ti/c4-1-3(6)2-5;;;/h3-6H,1-2H2;;;. The van der Waals surface area contributed by atoms with Crippen LogP contribution < -0.4 is 0 Å². The van der Waals surface area contributed by atoms with E-state index in [1.807, 2.05) is 0 Å². The van der Waals surface area contributed by atoms with Crippen molar-refractivity contribution in [1.29, 1.82) is 0 Å². The molecule has 0 radical (unpaired) electrons. The summed E-state index contributed by atoms with van der Waals surface area (Å²) in [6, 6.07) is 0. The molecular formula is C3H8O3Ti3. The summed E-state index contributed by atoms with van der Waals surface area (Å²) >= 11 is 0. The molecule has 0 saturated heterocycles. The van der Waals surface area contributed by atoms with Crippen molar-refractivity contribution in [2.24, 2.45) is 0 Å². The summed E-state index contributed by atoms with van der Waals surface area (Å²) in [6.45, 7) is -0.729. The monoisotopic (exact) mass is 236 g/mol. The van der Waals surface area contributed by atoms with Gasteiger partial charge in [-0.25, -0.2) is 0 Å². The minimum absolute atomic E-state index is 0. The molecule has 0 saturated carbocycles. The van der Waals surface area contributed by atoms with Crippen LogP contribution in [-0.4, -0.2) is 34.6 Å². The van der Waals surface area contributed by atoms with Gasteiger partial charge < -0.3 is 15.3 Å². The summed E-state index contributed by atoms with van der Waals surface area (Å²) < 4.78 is 0. The molecule has 0 aromatic heterocycles. The SMILES string of the molecule is OCC(O)CO.[Ti].[Ti].[Ti]. The van der Waals surface area contributed by atoms with Gasteiger partial charge in [0, 0.05) is 65.2 Å². The first-order chi connectivity index (χ1) is 2.81. The molecule has 0 bridgehead atoms. The van der Waals surface area contributed by atoms with Crippen LogP contribution in [0.4, 0.5) is 0 Å². The molecular weight excluding hydrogens is 228 g/mol. The van der Waals surface area contributed by atoms with E-state index in [0.717, 1.165) is 0 Å². The number of hydrogen-bond donors (Lipinski definition) is 3. The molecule has 0 atom stereocenters. The van der Waals surface area contributed by atoms with E-state index in [4.69, 9.17) is 15.3 Å². The predicted octanol–water partition coefficient (Wildman–Crippen LogP) is -1.68. The number of rotatable bonds is 2. The van der Waals surface area contributed by atoms with E-state index in [1.54, 1.807) is 0 Å². The van der Waals surface area contributed by atoms with Gasteiger partial charge in [0.1, 0.15) is 6.10 Å². The molecule has 6 heteroatoms. The summed E-state index contributed by atoms with van der Waals surface area (Å²) in [5.74, 6) is 0. The molecule has 0 aromatic rings. The maximum Gasteiger partial charge on any atom is 0.100 e. The average Bonchev–Trinajstić information content (AvgIpc) is 1.65. The second-order valence-corrected chi connectivity index (χ2v) is 1.02. The zero-order valence-electron chi connectivity index (χ0n) is 4.83. The van der Waals surface area contributed by atoms with E-state index in [9.17, 15) is 0 Å². The average molecular weight is 236 g/mol. The first kappa shape index (κ1) is 22.5. The second kappa shape index (κ2) is 16.5. The van der Waals surface area contributed by atoms with Crippen molar-refractivity contribution in [1.82, 2.24) is 0 Å². The minimum atomic E-state index is -0.954. The Morgan fingerprint density at radius 3 is 1.11 bits per heavy atom. The molecule has 50 valence electrons. The quantitative estimate of drug-likeness (QED) is 0.502. The van der Waals surface area contributed by atoms with Crippen LogP contribution in [0.25, 0.3) is 0 Å². The third-order valence-corrected chi connectivity index (χ3v) is 0.421. The van der Waals surface area contributed by atoms with Crippen molar-refractivity contribution in [3.63, 3.8) is 0 Å². The Kier molecular flexibility index (Phi) is 41.3. The van der Waals surface area contributed by atoms with E-state index in [-0.39, 0.29) is 78.4 Å². The Balaban J connectivity index is -0.0000000417. The summed E-state index contributed by atoms with van der Waals surface area (Å²) in [6.07, 6.45) is -0.954. The van der Waals surface area contributed by atoms with Crippen LogP contribution in [0.5, 0.6) is 0 Å². The van der Waals surface area contributed by atoms with Crippen molar-refractivity contribution < 1.29 is 80.5 Å². The number of aliphatic hydroxyl groups excluding tert-OH is 3. The van der Waals surface area contributed by atoms with Gasteiger partial charge in [-0.05, 0) is 0 Å². The normalized spacial score (nSPS) is 6.67.